The Morgan fingerprint density at radius 2 is 1.86 bits per heavy atom. The minimum absolute atomic E-state index is 0.0500. The third kappa shape index (κ3) is 3.76. The fourth-order valence-corrected chi connectivity index (χ4v) is 4.08. The Labute approximate surface area is 165 Å². The van der Waals surface area contributed by atoms with Crippen LogP contribution in [0.5, 0.6) is 0 Å². The molecule has 0 aliphatic heterocycles. The molecule has 0 amide bonds. The normalized spacial score (nSPS) is 20.6. The van der Waals surface area contributed by atoms with Gasteiger partial charge in [0.05, 0.1) is 0 Å². The Bertz CT molecular complexity index is 951. The largest absolute Gasteiger partial charge is 0.423 e. The van der Waals surface area contributed by atoms with Crippen molar-refractivity contribution >= 4 is 5.78 Å². The summed E-state index contributed by atoms with van der Waals surface area (Å²) >= 11 is 0. The number of nitrogens with two attached hydrogens (primary N) is 1. The minimum Gasteiger partial charge on any atom is -0.423 e. The van der Waals surface area contributed by atoms with Gasteiger partial charge in [0.1, 0.15) is 6.04 Å². The van der Waals surface area contributed by atoms with Crippen molar-refractivity contribution in [1.29, 1.82) is 0 Å². The minimum atomic E-state index is -0.461. The van der Waals surface area contributed by atoms with Crippen molar-refractivity contribution in [2.75, 3.05) is 0 Å². The van der Waals surface area contributed by atoms with Crippen LogP contribution in [0, 0.1) is 12.8 Å². The van der Waals surface area contributed by atoms with Crippen LogP contribution in [0.2, 0.25) is 0 Å². The van der Waals surface area contributed by atoms with Crippen molar-refractivity contribution in [3.63, 3.8) is 0 Å². The molecule has 1 saturated carbocycles. The lowest BCUT2D eigenvalue weighted by Gasteiger charge is -2.28. The second-order valence-electron chi connectivity index (χ2n) is 7.60. The molecule has 0 bridgehead atoms. The fourth-order valence-electron chi connectivity index (χ4n) is 4.08. The van der Waals surface area contributed by atoms with Gasteiger partial charge in [-0.1, -0.05) is 66.9 Å². The Morgan fingerprint density at radius 1 is 1.07 bits per heavy atom. The maximum atomic E-state index is 13.2. The summed E-state index contributed by atoms with van der Waals surface area (Å²) in [7, 11) is 0. The van der Waals surface area contributed by atoms with Crippen molar-refractivity contribution in [3.05, 3.63) is 83.1 Å². The summed E-state index contributed by atoms with van der Waals surface area (Å²) in [4.78, 5) is 13.2. The molecule has 1 aliphatic rings. The van der Waals surface area contributed by atoms with Gasteiger partial charge in [-0.25, -0.2) is 0 Å². The molecule has 1 aliphatic carbocycles. The van der Waals surface area contributed by atoms with Crippen molar-refractivity contribution in [3.8, 4) is 0 Å². The van der Waals surface area contributed by atoms with E-state index in [1.807, 2.05) is 61.5 Å². The zero-order valence-electron chi connectivity index (χ0n) is 16.0. The number of ketones is 1. The number of nitrogens with zero attached hydrogens (tertiary/aromatic N) is 2. The molecule has 1 aromatic heterocycles. The molecule has 28 heavy (non-hydrogen) atoms. The molecule has 2 N–H and O–H groups in total. The van der Waals surface area contributed by atoms with E-state index in [1.54, 1.807) is 0 Å². The molecule has 3 atom stereocenters. The summed E-state index contributed by atoms with van der Waals surface area (Å²) in [5.74, 6) is 0.920. The van der Waals surface area contributed by atoms with Crippen LogP contribution in [-0.4, -0.2) is 16.0 Å². The second kappa shape index (κ2) is 8.07. The summed E-state index contributed by atoms with van der Waals surface area (Å²) in [6.07, 6.45) is 3.83. The Kier molecular flexibility index (Phi) is 5.35. The van der Waals surface area contributed by atoms with Gasteiger partial charge in [0, 0.05) is 17.4 Å². The van der Waals surface area contributed by atoms with E-state index in [9.17, 15) is 4.79 Å². The van der Waals surface area contributed by atoms with Gasteiger partial charge in [0.15, 0.2) is 5.78 Å². The predicted octanol–water partition coefficient (Wildman–Crippen LogP) is 4.58. The quantitative estimate of drug-likeness (QED) is 0.660. The lowest BCUT2D eigenvalue weighted by Crippen LogP contribution is -2.26. The molecule has 0 radical (unpaired) electrons. The van der Waals surface area contributed by atoms with Crippen molar-refractivity contribution in [2.24, 2.45) is 11.7 Å². The average molecular weight is 375 g/mol. The number of carbonyl (C=O) groups excluding carboxylic acids is 1. The van der Waals surface area contributed by atoms with Crippen LogP contribution >= 0.6 is 0 Å². The molecular weight excluding hydrogens is 350 g/mol. The van der Waals surface area contributed by atoms with E-state index in [4.69, 9.17) is 10.2 Å². The lowest BCUT2D eigenvalue weighted by molar-refractivity contribution is 0.0854. The number of hydrogen-bond acceptors (Lipinski definition) is 5. The number of hydrogen-bond donors (Lipinski definition) is 1. The van der Waals surface area contributed by atoms with Crippen LogP contribution < -0.4 is 5.73 Å². The fraction of sp³-hybridized carbons (Fsp3) is 0.348. The van der Waals surface area contributed by atoms with Crippen LogP contribution in [0.25, 0.3) is 0 Å². The van der Waals surface area contributed by atoms with Crippen LogP contribution in [-0.2, 0) is 0 Å². The SMILES string of the molecule is Cc1cccc(C(=O)C2CCCCC2c2nnc(C(N)c3ccccc3)o2)c1. The number of rotatable bonds is 5. The Morgan fingerprint density at radius 3 is 2.64 bits per heavy atom. The summed E-state index contributed by atoms with van der Waals surface area (Å²) in [5, 5.41) is 8.48. The van der Waals surface area contributed by atoms with Gasteiger partial charge in [0.2, 0.25) is 11.8 Å². The standard InChI is InChI=1S/C23H25N3O2/c1-15-8-7-11-17(14-15)21(27)18-12-5-6-13-19(18)22-25-26-23(28-22)20(24)16-9-3-2-4-10-16/h2-4,7-11,14,18-20H,5-6,12-13,24H2,1H3. The van der Waals surface area contributed by atoms with Gasteiger partial charge >= 0.3 is 0 Å². The molecule has 3 unspecified atom stereocenters. The number of carbonyl (C=O) groups is 1. The number of Topliss-reactive ketones (excluding diaryl/α,β-unsaturated/α-hetero) is 1. The molecule has 1 fully saturated rings. The monoisotopic (exact) mass is 375 g/mol. The van der Waals surface area contributed by atoms with Gasteiger partial charge in [-0.2, -0.15) is 0 Å². The van der Waals surface area contributed by atoms with E-state index in [2.05, 4.69) is 10.2 Å². The highest BCUT2D eigenvalue weighted by Gasteiger charge is 2.36. The van der Waals surface area contributed by atoms with E-state index in [0.717, 1.165) is 42.4 Å². The van der Waals surface area contributed by atoms with E-state index in [1.165, 1.54) is 0 Å². The number of aromatic nitrogens is 2. The first kappa shape index (κ1) is 18.6. The van der Waals surface area contributed by atoms with Gasteiger partial charge in [-0.3, -0.25) is 4.79 Å². The van der Waals surface area contributed by atoms with Crippen molar-refractivity contribution in [1.82, 2.24) is 10.2 Å². The van der Waals surface area contributed by atoms with E-state index in [-0.39, 0.29) is 17.6 Å². The maximum absolute atomic E-state index is 13.2. The van der Waals surface area contributed by atoms with Gasteiger partial charge in [0.25, 0.3) is 0 Å². The summed E-state index contributed by atoms with van der Waals surface area (Å²) < 4.78 is 5.98. The Hall–Kier alpha value is -2.79. The first-order chi connectivity index (χ1) is 13.6. The second-order valence-corrected chi connectivity index (χ2v) is 7.60. The average Bonchev–Trinajstić information content (AvgIpc) is 3.23. The van der Waals surface area contributed by atoms with Crippen molar-refractivity contribution < 1.29 is 9.21 Å². The smallest absolute Gasteiger partial charge is 0.237 e. The van der Waals surface area contributed by atoms with E-state index in [0.29, 0.717) is 11.8 Å². The highest BCUT2D eigenvalue weighted by Crippen LogP contribution is 2.39. The molecule has 3 aromatic rings. The molecule has 1 heterocycles. The number of aryl methyl sites for hydroxylation is 1. The molecule has 0 spiro atoms. The topological polar surface area (TPSA) is 82.0 Å². The predicted molar refractivity (Wildman–Crippen MR) is 107 cm³/mol. The molecule has 144 valence electrons. The Balaban J connectivity index is 1.58. The van der Waals surface area contributed by atoms with Gasteiger partial charge < -0.3 is 10.2 Å². The molecule has 0 saturated heterocycles. The maximum Gasteiger partial charge on any atom is 0.237 e. The molecule has 5 heteroatoms. The lowest BCUT2D eigenvalue weighted by atomic mass is 9.75. The molecular formula is C23H25N3O2. The first-order valence-corrected chi connectivity index (χ1v) is 9.88. The first-order valence-electron chi connectivity index (χ1n) is 9.88. The van der Waals surface area contributed by atoms with Crippen LogP contribution in [0.15, 0.2) is 59.0 Å². The van der Waals surface area contributed by atoms with E-state index >= 15 is 0 Å². The van der Waals surface area contributed by atoms with Crippen LogP contribution in [0.3, 0.4) is 0 Å². The molecule has 4 rings (SSSR count). The summed E-state index contributed by atoms with van der Waals surface area (Å²) in [6.45, 7) is 2.00. The summed E-state index contributed by atoms with van der Waals surface area (Å²) in [6, 6.07) is 17.0. The van der Waals surface area contributed by atoms with Gasteiger partial charge in [-0.05, 0) is 31.4 Å². The molecule has 2 aromatic carbocycles. The van der Waals surface area contributed by atoms with Crippen molar-refractivity contribution in [2.45, 2.75) is 44.6 Å². The highest BCUT2D eigenvalue weighted by molar-refractivity contribution is 5.98. The molecule has 5 nitrogen and oxygen atoms in total. The highest BCUT2D eigenvalue weighted by atomic mass is 16.4. The third-order valence-corrected chi connectivity index (χ3v) is 5.60. The van der Waals surface area contributed by atoms with Gasteiger partial charge in [-0.15, -0.1) is 10.2 Å². The summed E-state index contributed by atoms with van der Waals surface area (Å²) in [5.41, 5.74) is 9.07. The third-order valence-electron chi connectivity index (χ3n) is 5.60. The zero-order valence-corrected chi connectivity index (χ0v) is 16.0. The van der Waals surface area contributed by atoms with E-state index < -0.39 is 6.04 Å². The zero-order chi connectivity index (χ0) is 19.5. The van der Waals surface area contributed by atoms with Crippen LogP contribution in [0.1, 0.15) is 70.9 Å². The number of benzene rings is 2. The van der Waals surface area contributed by atoms with Crippen LogP contribution in [0.4, 0.5) is 0 Å².